The molecule has 0 bridgehead atoms. The van der Waals surface area contributed by atoms with Crippen LogP contribution in [0.4, 0.5) is 0 Å². The van der Waals surface area contributed by atoms with Gasteiger partial charge in [0.25, 0.3) is 0 Å². The van der Waals surface area contributed by atoms with E-state index in [2.05, 4.69) is 14.9 Å². The quantitative estimate of drug-likeness (QED) is 0.494. The molecule has 0 radical (unpaired) electrons. The van der Waals surface area contributed by atoms with Crippen LogP contribution in [-0.4, -0.2) is 25.2 Å². The number of hydrogen-bond donors (Lipinski definition) is 0. The SMILES string of the molecule is C[Te](C)(C)[SiH3]. The van der Waals surface area contributed by atoms with Crippen LogP contribution in [-0.2, 0) is 0 Å². The molecule has 0 fully saturated rings. The summed E-state index contributed by atoms with van der Waals surface area (Å²) in [5.74, 6) is 0. The molecular weight excluding hydrogens is 192 g/mol. The van der Waals surface area contributed by atoms with Crippen LogP contribution in [0, 0.1) is 0 Å². The van der Waals surface area contributed by atoms with Gasteiger partial charge in [-0.1, -0.05) is 0 Å². The first-order valence-electron chi connectivity index (χ1n) is 1.63. The van der Waals surface area contributed by atoms with Crippen LogP contribution in [0.1, 0.15) is 0 Å². The molecule has 0 nitrogen and oxygen atoms in total. The Morgan fingerprint density at radius 2 is 1.20 bits per heavy atom. The Morgan fingerprint density at radius 3 is 1.20 bits per heavy atom. The number of hydrogen-bond acceptors (Lipinski definition) is 0. The van der Waals surface area contributed by atoms with E-state index in [4.69, 9.17) is 0 Å². The minimum absolute atomic E-state index is 0.881. The molecular formula is C3H12SiTe. The zero-order valence-corrected chi connectivity index (χ0v) is 8.74. The van der Waals surface area contributed by atoms with Crippen LogP contribution < -0.4 is 0 Å². The average Bonchev–Trinajstić information content (AvgIpc) is 0.722. The molecule has 0 N–H and O–H groups in total. The molecule has 0 aromatic carbocycles. The standard InChI is InChI=1S/C3H12SiTe/c1-5(2,3)4/h1-4H3. The third kappa shape index (κ3) is 44.7. The molecule has 0 aromatic rings. The van der Waals surface area contributed by atoms with Gasteiger partial charge in [-0.3, -0.25) is 0 Å². The van der Waals surface area contributed by atoms with Crippen LogP contribution in [0.2, 0.25) is 14.9 Å². The molecule has 0 rings (SSSR count). The minimum atomic E-state index is -0.881. The maximum absolute atomic E-state index is 2.44. The third-order valence-electron chi connectivity index (χ3n) is 0. The first kappa shape index (κ1) is 6.01. The zero-order chi connectivity index (χ0) is 4.50. The fraction of sp³-hybridized carbons (Fsp3) is 1.00. The van der Waals surface area contributed by atoms with Gasteiger partial charge in [-0.25, -0.2) is 0 Å². The molecule has 0 aliphatic rings. The van der Waals surface area contributed by atoms with E-state index in [1.165, 1.54) is 7.79 Å². The Labute approximate surface area is 40.3 Å². The van der Waals surface area contributed by atoms with Crippen molar-refractivity contribution in [3.05, 3.63) is 0 Å². The Hall–Kier alpha value is 1.01. The molecule has 0 aliphatic carbocycles. The summed E-state index contributed by atoms with van der Waals surface area (Å²) >= 11 is -0.881. The van der Waals surface area contributed by atoms with Crippen molar-refractivity contribution < 1.29 is 0 Å². The van der Waals surface area contributed by atoms with Gasteiger partial charge in [0.1, 0.15) is 0 Å². The van der Waals surface area contributed by atoms with Crippen molar-refractivity contribution in [1.29, 1.82) is 0 Å². The molecule has 5 heavy (non-hydrogen) atoms. The summed E-state index contributed by atoms with van der Waals surface area (Å²) in [6, 6.07) is 0. The van der Waals surface area contributed by atoms with Crippen molar-refractivity contribution in [3.8, 4) is 0 Å². The van der Waals surface area contributed by atoms with Gasteiger partial charge >= 0.3 is 40.1 Å². The Morgan fingerprint density at radius 1 is 1.20 bits per heavy atom. The van der Waals surface area contributed by atoms with Gasteiger partial charge in [0, 0.05) is 0 Å². The van der Waals surface area contributed by atoms with E-state index in [-0.39, 0.29) is 0 Å². The van der Waals surface area contributed by atoms with Crippen LogP contribution in [0.3, 0.4) is 0 Å². The second kappa shape index (κ2) is 1.64. The summed E-state index contributed by atoms with van der Waals surface area (Å²) in [5, 5.41) is 0. The summed E-state index contributed by atoms with van der Waals surface area (Å²) in [7, 11) is 1.50. The predicted molar refractivity (Wildman–Crippen MR) is 33.3 cm³/mol. The van der Waals surface area contributed by atoms with Crippen LogP contribution in [0.25, 0.3) is 0 Å². The van der Waals surface area contributed by atoms with Crippen LogP contribution >= 0.6 is 0 Å². The Kier molecular flexibility index (Phi) is 1.97. The van der Waals surface area contributed by atoms with E-state index < -0.39 is 17.4 Å². The fourth-order valence-corrected chi connectivity index (χ4v) is 0. The van der Waals surface area contributed by atoms with Gasteiger partial charge in [0.05, 0.1) is 0 Å². The van der Waals surface area contributed by atoms with Crippen molar-refractivity contribution in [2.24, 2.45) is 0 Å². The second-order valence-corrected chi connectivity index (χ2v) is 32.9. The predicted octanol–water partition coefficient (Wildman–Crippen LogP) is 0.187. The van der Waals surface area contributed by atoms with Crippen molar-refractivity contribution in [2.75, 3.05) is 0 Å². The van der Waals surface area contributed by atoms with Crippen molar-refractivity contribution in [2.45, 2.75) is 14.9 Å². The van der Waals surface area contributed by atoms with Crippen molar-refractivity contribution >= 4 is 25.2 Å². The Balaban J connectivity index is 3.02. The fourth-order valence-electron chi connectivity index (χ4n) is 0. The molecule has 0 aromatic heterocycles. The summed E-state index contributed by atoms with van der Waals surface area (Å²) in [6.07, 6.45) is 0. The molecule has 0 amide bonds. The van der Waals surface area contributed by atoms with Gasteiger partial charge in [-0.2, -0.15) is 0 Å². The average molecular weight is 204 g/mol. The molecule has 0 saturated heterocycles. The van der Waals surface area contributed by atoms with E-state index >= 15 is 0 Å². The molecule has 0 atom stereocenters. The third-order valence-corrected chi connectivity index (χ3v) is 0. The second-order valence-electron chi connectivity index (χ2n) is 2.45. The van der Waals surface area contributed by atoms with Gasteiger partial charge < -0.3 is 0 Å². The van der Waals surface area contributed by atoms with E-state index in [9.17, 15) is 0 Å². The summed E-state index contributed by atoms with van der Waals surface area (Å²) < 4.78 is 0. The molecule has 2 heteroatoms. The van der Waals surface area contributed by atoms with Gasteiger partial charge in [-0.15, -0.1) is 0 Å². The van der Waals surface area contributed by atoms with E-state index in [1.54, 1.807) is 0 Å². The summed E-state index contributed by atoms with van der Waals surface area (Å²) in [6.45, 7) is 0. The first-order valence-corrected chi connectivity index (χ1v) is 16.4. The molecule has 34 valence electrons. The van der Waals surface area contributed by atoms with E-state index in [0.29, 0.717) is 0 Å². The Bertz CT molecular complexity index is 22.4. The van der Waals surface area contributed by atoms with E-state index in [1.807, 2.05) is 0 Å². The molecule has 0 unspecified atom stereocenters. The molecule has 0 heterocycles. The van der Waals surface area contributed by atoms with Crippen molar-refractivity contribution in [3.63, 3.8) is 0 Å². The van der Waals surface area contributed by atoms with Crippen LogP contribution in [0.15, 0.2) is 0 Å². The number of rotatable bonds is 0. The molecule has 0 spiro atoms. The summed E-state index contributed by atoms with van der Waals surface area (Å²) in [5.41, 5.74) is 0. The van der Waals surface area contributed by atoms with E-state index in [0.717, 1.165) is 0 Å². The van der Waals surface area contributed by atoms with Gasteiger partial charge in [-0.05, 0) is 0 Å². The zero-order valence-electron chi connectivity index (χ0n) is 4.41. The van der Waals surface area contributed by atoms with Gasteiger partial charge in [0.15, 0.2) is 0 Å². The monoisotopic (exact) mass is 206 g/mol. The van der Waals surface area contributed by atoms with Crippen LogP contribution in [0.5, 0.6) is 0 Å². The first-order chi connectivity index (χ1) is 2.00. The molecule has 0 saturated carbocycles. The maximum atomic E-state index is 2.44. The van der Waals surface area contributed by atoms with Gasteiger partial charge in [0.2, 0.25) is 0 Å². The topological polar surface area (TPSA) is 0 Å². The molecule has 0 aliphatic heterocycles. The summed E-state index contributed by atoms with van der Waals surface area (Å²) in [4.78, 5) is 7.32. The normalized spacial score (nSPS) is 15.8. The van der Waals surface area contributed by atoms with Crippen molar-refractivity contribution in [1.82, 2.24) is 0 Å².